The highest BCUT2D eigenvalue weighted by Gasteiger charge is 2.19. The largest absolute Gasteiger partial charge is 0.450 e. The van der Waals surface area contributed by atoms with E-state index in [1.54, 1.807) is 29.8 Å². The van der Waals surface area contributed by atoms with Crippen LogP contribution in [0.15, 0.2) is 30.7 Å². The van der Waals surface area contributed by atoms with Crippen molar-refractivity contribution in [3.63, 3.8) is 0 Å². The van der Waals surface area contributed by atoms with Gasteiger partial charge in [-0.25, -0.2) is 14.3 Å². The van der Waals surface area contributed by atoms with Crippen molar-refractivity contribution in [3.05, 3.63) is 47.4 Å². The molecule has 3 aromatic rings. The average molecular weight is 410 g/mol. The van der Waals surface area contributed by atoms with Gasteiger partial charge in [-0.15, -0.1) is 0 Å². The molecule has 0 spiro atoms. The summed E-state index contributed by atoms with van der Waals surface area (Å²) in [4.78, 5) is 28.6. The van der Waals surface area contributed by atoms with Gasteiger partial charge in [-0.3, -0.25) is 10.1 Å². The number of nitrogens with zero attached hydrogens (tertiary/aromatic N) is 3. The molecule has 9 heteroatoms. The quantitative estimate of drug-likeness (QED) is 0.570. The lowest BCUT2D eigenvalue weighted by atomic mass is 10.1. The first-order valence-electron chi connectivity index (χ1n) is 9.75. The number of hydrogen-bond donors (Lipinski definition) is 3. The molecule has 0 saturated carbocycles. The van der Waals surface area contributed by atoms with Crippen LogP contribution in [0, 0.1) is 13.8 Å². The Kier molecular flexibility index (Phi) is 6.20. The maximum atomic E-state index is 12.5. The van der Waals surface area contributed by atoms with Gasteiger partial charge in [0.15, 0.2) is 5.82 Å². The van der Waals surface area contributed by atoms with Crippen LogP contribution in [-0.2, 0) is 4.74 Å². The Morgan fingerprint density at radius 1 is 1.23 bits per heavy atom. The van der Waals surface area contributed by atoms with Crippen LogP contribution in [0.1, 0.15) is 42.3 Å². The van der Waals surface area contributed by atoms with Gasteiger partial charge in [0, 0.05) is 23.6 Å². The van der Waals surface area contributed by atoms with E-state index in [1.807, 2.05) is 33.8 Å². The number of nitrogens with one attached hydrogen (secondary N) is 3. The molecule has 3 N–H and O–H groups in total. The third kappa shape index (κ3) is 4.51. The number of benzene rings is 1. The third-order valence-corrected chi connectivity index (χ3v) is 4.50. The van der Waals surface area contributed by atoms with Crippen molar-refractivity contribution in [2.45, 2.75) is 40.7 Å². The Balaban J connectivity index is 1.95. The highest BCUT2D eigenvalue weighted by atomic mass is 16.5. The number of carbonyl (C=O) groups is 2. The second-order valence-corrected chi connectivity index (χ2v) is 7.20. The third-order valence-electron chi connectivity index (χ3n) is 4.50. The summed E-state index contributed by atoms with van der Waals surface area (Å²) in [6.45, 7) is 9.68. The maximum absolute atomic E-state index is 12.5. The summed E-state index contributed by atoms with van der Waals surface area (Å²) >= 11 is 0. The van der Waals surface area contributed by atoms with Crippen LogP contribution < -0.4 is 16.0 Å². The molecule has 0 unspecified atom stereocenters. The van der Waals surface area contributed by atoms with Crippen LogP contribution in [0.3, 0.4) is 0 Å². The first-order chi connectivity index (χ1) is 14.3. The van der Waals surface area contributed by atoms with Gasteiger partial charge in [0.25, 0.3) is 5.91 Å². The Morgan fingerprint density at radius 3 is 2.70 bits per heavy atom. The number of ether oxygens (including phenoxy) is 1. The van der Waals surface area contributed by atoms with E-state index in [9.17, 15) is 9.59 Å². The highest BCUT2D eigenvalue weighted by Crippen LogP contribution is 2.28. The van der Waals surface area contributed by atoms with E-state index in [1.165, 1.54) is 6.33 Å². The number of aryl methyl sites for hydroxylation is 2. The number of anilines is 3. The number of amides is 2. The first-order valence-corrected chi connectivity index (χ1v) is 9.75. The molecule has 158 valence electrons. The first kappa shape index (κ1) is 21.1. The standard InChI is InChI=1S/C21H26N6O3/c1-6-30-21(29)25-15-8-7-13(4)17(9-15)26-19-18-14(5)16(20(28)24-12(2)3)10-27(18)23-11-22-19/h7-12H,6H2,1-5H3,(H,24,28)(H,25,29)(H,22,23,26). The van der Waals surface area contributed by atoms with Gasteiger partial charge in [0.2, 0.25) is 0 Å². The summed E-state index contributed by atoms with van der Waals surface area (Å²) in [7, 11) is 0. The lowest BCUT2D eigenvalue weighted by Crippen LogP contribution is -2.30. The number of fused-ring (bicyclic) bond motifs is 1. The van der Waals surface area contributed by atoms with Crippen LogP contribution in [0.2, 0.25) is 0 Å². The van der Waals surface area contributed by atoms with Crippen LogP contribution >= 0.6 is 0 Å². The fourth-order valence-electron chi connectivity index (χ4n) is 3.07. The van der Waals surface area contributed by atoms with E-state index in [-0.39, 0.29) is 11.9 Å². The Hall–Kier alpha value is -3.62. The second-order valence-electron chi connectivity index (χ2n) is 7.20. The van der Waals surface area contributed by atoms with Crippen LogP contribution in [0.4, 0.5) is 22.0 Å². The lowest BCUT2D eigenvalue weighted by Gasteiger charge is -2.13. The van der Waals surface area contributed by atoms with Gasteiger partial charge >= 0.3 is 6.09 Å². The van der Waals surface area contributed by atoms with Crippen LogP contribution in [0.5, 0.6) is 0 Å². The van der Waals surface area contributed by atoms with Gasteiger partial charge in [-0.1, -0.05) is 6.07 Å². The summed E-state index contributed by atoms with van der Waals surface area (Å²) in [5.74, 6) is 0.401. The number of carbonyl (C=O) groups excluding carboxylic acids is 2. The van der Waals surface area contributed by atoms with Gasteiger partial charge in [0.05, 0.1) is 12.2 Å². The van der Waals surface area contributed by atoms with Crippen molar-refractivity contribution in [2.75, 3.05) is 17.2 Å². The van der Waals surface area contributed by atoms with Gasteiger partial charge in [0.1, 0.15) is 11.8 Å². The molecule has 9 nitrogen and oxygen atoms in total. The molecule has 2 amide bonds. The average Bonchev–Trinajstić information content (AvgIpc) is 3.02. The molecule has 3 rings (SSSR count). The number of hydrogen-bond acceptors (Lipinski definition) is 6. The number of aromatic nitrogens is 3. The lowest BCUT2D eigenvalue weighted by molar-refractivity contribution is 0.0942. The molecule has 2 aromatic heterocycles. The minimum absolute atomic E-state index is 0.0286. The molecular weight excluding hydrogens is 384 g/mol. The Labute approximate surface area is 174 Å². The van der Waals surface area contributed by atoms with Crippen molar-refractivity contribution in [2.24, 2.45) is 0 Å². The predicted octanol–water partition coefficient (Wildman–Crippen LogP) is 3.80. The molecule has 0 atom stereocenters. The van der Waals surface area contributed by atoms with Crippen molar-refractivity contribution in [3.8, 4) is 0 Å². The zero-order valence-corrected chi connectivity index (χ0v) is 17.7. The van der Waals surface area contributed by atoms with Crippen LogP contribution in [-0.4, -0.2) is 39.2 Å². The minimum Gasteiger partial charge on any atom is -0.450 e. The summed E-state index contributed by atoms with van der Waals surface area (Å²) in [6.07, 6.45) is 2.61. The summed E-state index contributed by atoms with van der Waals surface area (Å²) in [5.41, 5.74) is 4.34. The highest BCUT2D eigenvalue weighted by molar-refractivity contribution is 5.99. The van der Waals surface area contributed by atoms with Crippen molar-refractivity contribution >= 4 is 34.7 Å². The zero-order chi connectivity index (χ0) is 21.8. The summed E-state index contributed by atoms with van der Waals surface area (Å²) in [6, 6.07) is 5.51. The van der Waals surface area contributed by atoms with E-state index in [0.29, 0.717) is 29.2 Å². The Bertz CT molecular complexity index is 1090. The maximum Gasteiger partial charge on any atom is 0.411 e. The van der Waals surface area contributed by atoms with Gasteiger partial charge in [-0.2, -0.15) is 5.10 Å². The van der Waals surface area contributed by atoms with E-state index < -0.39 is 6.09 Å². The fourth-order valence-corrected chi connectivity index (χ4v) is 3.07. The molecule has 30 heavy (non-hydrogen) atoms. The van der Waals surface area contributed by atoms with Crippen LogP contribution in [0.25, 0.3) is 5.52 Å². The topological polar surface area (TPSA) is 110 Å². The number of rotatable bonds is 6. The monoisotopic (exact) mass is 410 g/mol. The molecule has 0 aliphatic carbocycles. The fraction of sp³-hybridized carbons (Fsp3) is 0.333. The molecular formula is C21H26N6O3. The summed E-state index contributed by atoms with van der Waals surface area (Å²) < 4.78 is 6.56. The molecule has 0 radical (unpaired) electrons. The smallest absolute Gasteiger partial charge is 0.411 e. The van der Waals surface area contributed by atoms with Crippen molar-refractivity contribution < 1.29 is 14.3 Å². The SMILES string of the molecule is CCOC(=O)Nc1ccc(C)c(Nc2ncnn3cc(C(=O)NC(C)C)c(C)c23)c1. The predicted molar refractivity (Wildman–Crippen MR) is 115 cm³/mol. The Morgan fingerprint density at radius 2 is 2.00 bits per heavy atom. The normalized spacial score (nSPS) is 10.9. The summed E-state index contributed by atoms with van der Waals surface area (Å²) in [5, 5.41) is 13.1. The van der Waals surface area contributed by atoms with E-state index >= 15 is 0 Å². The molecule has 0 bridgehead atoms. The van der Waals surface area contributed by atoms with E-state index in [4.69, 9.17) is 4.74 Å². The molecule has 0 aliphatic rings. The molecule has 0 saturated heterocycles. The van der Waals surface area contributed by atoms with Gasteiger partial charge < -0.3 is 15.4 Å². The van der Waals surface area contributed by atoms with Gasteiger partial charge in [-0.05, 0) is 57.9 Å². The van der Waals surface area contributed by atoms with E-state index in [2.05, 4.69) is 26.0 Å². The molecule has 1 aromatic carbocycles. The molecule has 0 fully saturated rings. The zero-order valence-electron chi connectivity index (χ0n) is 17.7. The van der Waals surface area contributed by atoms with E-state index in [0.717, 1.165) is 16.8 Å². The second kappa shape index (κ2) is 8.81. The minimum atomic E-state index is -0.514. The van der Waals surface area contributed by atoms with Crippen molar-refractivity contribution in [1.29, 1.82) is 0 Å². The molecule has 2 heterocycles. The van der Waals surface area contributed by atoms with Crippen molar-refractivity contribution in [1.82, 2.24) is 19.9 Å². The molecule has 0 aliphatic heterocycles.